The van der Waals surface area contributed by atoms with Crippen molar-refractivity contribution in [1.29, 1.82) is 0 Å². The monoisotopic (exact) mass is 391 g/mol. The fourth-order valence-corrected chi connectivity index (χ4v) is 6.13. The van der Waals surface area contributed by atoms with Crippen molar-refractivity contribution >= 4 is 37.3 Å². The van der Waals surface area contributed by atoms with Crippen LogP contribution in [0.1, 0.15) is 29.2 Å². The Hall–Kier alpha value is -0.670. The summed E-state index contributed by atoms with van der Waals surface area (Å²) in [7, 11) is -3.67. The van der Waals surface area contributed by atoms with Crippen LogP contribution >= 0.6 is 27.3 Å². The van der Waals surface area contributed by atoms with E-state index in [0.29, 0.717) is 6.54 Å². The van der Waals surface area contributed by atoms with E-state index in [1.54, 1.807) is 11.3 Å². The van der Waals surface area contributed by atoms with E-state index in [1.165, 1.54) is 15.2 Å². The third-order valence-corrected chi connectivity index (χ3v) is 7.49. The lowest BCUT2D eigenvalue weighted by Gasteiger charge is -2.32. The van der Waals surface area contributed by atoms with Crippen molar-refractivity contribution in [2.45, 2.75) is 30.9 Å². The van der Waals surface area contributed by atoms with Gasteiger partial charge in [0.05, 0.1) is 0 Å². The number of aliphatic hydroxyl groups excluding tert-OH is 1. The number of fused-ring (bicyclic) bond motifs is 1. The minimum atomic E-state index is -3.67. The zero-order valence-electron chi connectivity index (χ0n) is 11.2. The lowest BCUT2D eigenvalue weighted by atomic mass is 10.0. The van der Waals surface area contributed by atoms with Gasteiger partial charge in [0.1, 0.15) is 17.3 Å². The molecule has 1 atom stereocenters. The summed E-state index contributed by atoms with van der Waals surface area (Å²) in [5.74, 6) is 0.223. The van der Waals surface area contributed by atoms with Crippen molar-refractivity contribution in [3.8, 4) is 0 Å². The van der Waals surface area contributed by atoms with Crippen molar-refractivity contribution < 1.29 is 17.9 Å². The van der Waals surface area contributed by atoms with E-state index in [0.717, 1.165) is 12.0 Å². The second-order valence-electron chi connectivity index (χ2n) is 4.85. The number of aliphatic hydroxyl groups is 1. The number of furan rings is 1. The molecular weight excluding hydrogens is 378 g/mol. The molecule has 1 aliphatic heterocycles. The number of halogens is 1. The maximum absolute atomic E-state index is 12.8. The molecule has 1 aliphatic rings. The van der Waals surface area contributed by atoms with Gasteiger partial charge in [0.15, 0.2) is 4.67 Å². The molecule has 0 aromatic carbocycles. The predicted molar refractivity (Wildman–Crippen MR) is 82.7 cm³/mol. The molecule has 0 aliphatic carbocycles. The minimum Gasteiger partial charge on any atom is -0.450 e. The van der Waals surface area contributed by atoms with Crippen LogP contribution in [0.15, 0.2) is 31.5 Å². The van der Waals surface area contributed by atoms with Gasteiger partial charge in [0.2, 0.25) is 10.0 Å². The lowest BCUT2D eigenvalue weighted by Crippen LogP contribution is -2.38. The highest BCUT2D eigenvalue weighted by Crippen LogP contribution is 2.38. The van der Waals surface area contributed by atoms with Crippen molar-refractivity contribution in [1.82, 2.24) is 4.31 Å². The molecule has 0 saturated heterocycles. The van der Waals surface area contributed by atoms with Crippen molar-refractivity contribution in [2.75, 3.05) is 6.54 Å². The Balaban J connectivity index is 2.01. The van der Waals surface area contributed by atoms with Crippen LogP contribution in [0.5, 0.6) is 0 Å². The molecule has 114 valence electrons. The van der Waals surface area contributed by atoms with Crippen LogP contribution in [-0.4, -0.2) is 24.4 Å². The van der Waals surface area contributed by atoms with E-state index in [-0.39, 0.29) is 28.0 Å². The standard InChI is InChI=1S/C13H14BrNO4S2/c1-8-10-3-5-20-11(10)2-4-15(8)21(17,18)12-6-9(7-16)19-13(12)14/h3,5-6,8,16H,2,4,7H2,1H3. The maximum atomic E-state index is 12.8. The molecule has 1 unspecified atom stereocenters. The molecule has 3 heterocycles. The van der Waals surface area contributed by atoms with Crippen LogP contribution in [0.2, 0.25) is 0 Å². The van der Waals surface area contributed by atoms with E-state index < -0.39 is 10.0 Å². The topological polar surface area (TPSA) is 70.8 Å². The summed E-state index contributed by atoms with van der Waals surface area (Å²) in [5.41, 5.74) is 1.07. The summed E-state index contributed by atoms with van der Waals surface area (Å²) in [5, 5.41) is 11.1. The Labute approximate surface area is 135 Å². The zero-order valence-corrected chi connectivity index (χ0v) is 14.5. The zero-order chi connectivity index (χ0) is 15.2. The first-order valence-corrected chi connectivity index (χ1v) is 9.53. The highest BCUT2D eigenvalue weighted by atomic mass is 79.9. The number of rotatable bonds is 3. The Morgan fingerprint density at radius 2 is 2.33 bits per heavy atom. The number of nitrogens with zero attached hydrogens (tertiary/aromatic N) is 1. The molecule has 0 bridgehead atoms. The molecule has 0 fully saturated rings. The molecule has 0 spiro atoms. The molecule has 0 radical (unpaired) electrons. The smallest absolute Gasteiger partial charge is 0.248 e. The maximum Gasteiger partial charge on any atom is 0.248 e. The number of thiophene rings is 1. The van der Waals surface area contributed by atoms with E-state index in [9.17, 15) is 8.42 Å². The van der Waals surface area contributed by atoms with Crippen LogP contribution < -0.4 is 0 Å². The van der Waals surface area contributed by atoms with Crippen molar-refractivity contribution in [3.63, 3.8) is 0 Å². The summed E-state index contributed by atoms with van der Waals surface area (Å²) < 4.78 is 32.5. The quantitative estimate of drug-likeness (QED) is 0.872. The van der Waals surface area contributed by atoms with Gasteiger partial charge < -0.3 is 9.52 Å². The fourth-order valence-electron chi connectivity index (χ4n) is 2.59. The van der Waals surface area contributed by atoms with Gasteiger partial charge in [-0.25, -0.2) is 8.42 Å². The van der Waals surface area contributed by atoms with Crippen LogP contribution in [0.3, 0.4) is 0 Å². The SMILES string of the molecule is CC1c2ccsc2CCN1S(=O)(=O)c1cc(CO)oc1Br. The summed E-state index contributed by atoms with van der Waals surface area (Å²) in [6.07, 6.45) is 0.721. The predicted octanol–water partition coefficient (Wildman–Crippen LogP) is 2.90. The van der Waals surface area contributed by atoms with E-state index >= 15 is 0 Å². The van der Waals surface area contributed by atoms with Gasteiger partial charge in [-0.3, -0.25) is 0 Å². The summed E-state index contributed by atoms with van der Waals surface area (Å²) in [6, 6.07) is 3.15. The first kappa shape index (κ1) is 15.2. The second-order valence-corrected chi connectivity index (χ2v) is 8.43. The third-order valence-electron chi connectivity index (χ3n) is 3.67. The van der Waals surface area contributed by atoms with Crippen molar-refractivity contribution in [3.05, 3.63) is 38.4 Å². The molecule has 0 amide bonds. The van der Waals surface area contributed by atoms with Gasteiger partial charge in [0.25, 0.3) is 0 Å². The summed E-state index contributed by atoms with van der Waals surface area (Å²) in [4.78, 5) is 1.31. The minimum absolute atomic E-state index is 0.0667. The van der Waals surface area contributed by atoms with E-state index in [4.69, 9.17) is 9.52 Å². The van der Waals surface area contributed by atoms with Crippen LogP contribution in [0, 0.1) is 0 Å². The molecule has 8 heteroatoms. The molecule has 21 heavy (non-hydrogen) atoms. The highest BCUT2D eigenvalue weighted by Gasteiger charge is 2.36. The van der Waals surface area contributed by atoms with Gasteiger partial charge >= 0.3 is 0 Å². The molecule has 1 N–H and O–H groups in total. The Morgan fingerprint density at radius 3 is 3.00 bits per heavy atom. The number of sulfonamides is 1. The van der Waals surface area contributed by atoms with E-state index in [2.05, 4.69) is 15.9 Å². The molecule has 0 saturated carbocycles. The largest absolute Gasteiger partial charge is 0.450 e. The Bertz CT molecular complexity index is 765. The number of hydrogen-bond donors (Lipinski definition) is 1. The van der Waals surface area contributed by atoms with Crippen molar-refractivity contribution in [2.24, 2.45) is 0 Å². The third kappa shape index (κ3) is 2.49. The summed E-state index contributed by atoms with van der Waals surface area (Å²) in [6.45, 7) is 2.00. The molecule has 3 rings (SSSR count). The van der Waals surface area contributed by atoms with Gasteiger partial charge in [0, 0.05) is 23.5 Å². The molecular formula is C13H14BrNO4S2. The first-order valence-electron chi connectivity index (χ1n) is 6.42. The Kier molecular flexibility index (Phi) is 4.00. The first-order chi connectivity index (χ1) is 9.95. The average molecular weight is 392 g/mol. The Morgan fingerprint density at radius 1 is 1.57 bits per heavy atom. The van der Waals surface area contributed by atoms with Gasteiger partial charge in [-0.1, -0.05) is 0 Å². The van der Waals surface area contributed by atoms with Crippen LogP contribution in [0.25, 0.3) is 0 Å². The van der Waals surface area contributed by atoms with Crippen LogP contribution in [-0.2, 0) is 23.1 Å². The number of hydrogen-bond acceptors (Lipinski definition) is 5. The van der Waals surface area contributed by atoms with Gasteiger partial charge in [-0.15, -0.1) is 11.3 Å². The molecule has 2 aromatic rings. The van der Waals surface area contributed by atoms with E-state index in [1.807, 2.05) is 18.4 Å². The fraction of sp³-hybridized carbons (Fsp3) is 0.385. The van der Waals surface area contributed by atoms with Crippen LogP contribution in [0.4, 0.5) is 0 Å². The average Bonchev–Trinajstić information content (AvgIpc) is 3.05. The summed E-state index contributed by atoms with van der Waals surface area (Å²) >= 11 is 4.79. The van der Waals surface area contributed by atoms with Gasteiger partial charge in [-0.2, -0.15) is 4.31 Å². The van der Waals surface area contributed by atoms with Gasteiger partial charge in [-0.05, 0) is 46.3 Å². The molecule has 2 aromatic heterocycles. The second kappa shape index (κ2) is 5.51. The lowest BCUT2D eigenvalue weighted by molar-refractivity contribution is 0.245. The normalized spacial score (nSPS) is 19.7. The molecule has 5 nitrogen and oxygen atoms in total. The highest BCUT2D eigenvalue weighted by molar-refractivity contribution is 9.10.